The first-order valence-electron chi connectivity index (χ1n) is 8.55. The van der Waals surface area contributed by atoms with Crippen LogP contribution in [-0.2, 0) is 19.9 Å². The molecule has 7 heteroatoms. The first-order valence-corrected chi connectivity index (χ1v) is 8.55. The summed E-state index contributed by atoms with van der Waals surface area (Å²) >= 11 is 0. The Bertz CT molecular complexity index is 575. The Labute approximate surface area is 149 Å². The highest BCUT2D eigenvalue weighted by Crippen LogP contribution is 2.35. The van der Waals surface area contributed by atoms with Crippen molar-refractivity contribution in [2.24, 2.45) is 5.73 Å². The van der Waals surface area contributed by atoms with Gasteiger partial charge < -0.3 is 24.7 Å². The van der Waals surface area contributed by atoms with Gasteiger partial charge in [0.25, 0.3) is 0 Å². The van der Waals surface area contributed by atoms with Crippen molar-refractivity contribution in [1.82, 2.24) is 4.90 Å². The number of hydrogen-bond acceptors (Lipinski definition) is 7. The molecule has 1 aliphatic rings. The van der Waals surface area contributed by atoms with Gasteiger partial charge in [0.1, 0.15) is 0 Å². The Hall–Kier alpha value is -1.83. The van der Waals surface area contributed by atoms with Crippen LogP contribution in [0.3, 0.4) is 0 Å². The first kappa shape index (κ1) is 19.5. The third-order valence-electron chi connectivity index (χ3n) is 4.48. The van der Waals surface area contributed by atoms with Crippen molar-refractivity contribution in [2.75, 3.05) is 47.1 Å². The largest absolute Gasteiger partial charge is 0.493 e. The molecule has 1 heterocycles. The summed E-state index contributed by atoms with van der Waals surface area (Å²) in [5.41, 5.74) is 6.89. The molecule has 1 saturated heterocycles. The summed E-state index contributed by atoms with van der Waals surface area (Å²) in [6.45, 7) is 5.08. The number of rotatable bonds is 8. The fourth-order valence-corrected chi connectivity index (χ4v) is 3.06. The topological polar surface area (TPSA) is 83.2 Å². The number of morpholine rings is 1. The van der Waals surface area contributed by atoms with Gasteiger partial charge in [-0.3, -0.25) is 9.69 Å². The maximum Gasteiger partial charge on any atom is 0.305 e. The van der Waals surface area contributed by atoms with Crippen molar-refractivity contribution in [1.29, 1.82) is 0 Å². The molecule has 7 nitrogen and oxygen atoms in total. The van der Waals surface area contributed by atoms with Gasteiger partial charge in [-0.2, -0.15) is 0 Å². The molecule has 0 spiro atoms. The third kappa shape index (κ3) is 4.62. The minimum atomic E-state index is -0.809. The lowest BCUT2D eigenvalue weighted by molar-refractivity contribution is -0.141. The average molecular weight is 352 g/mol. The zero-order valence-electron chi connectivity index (χ0n) is 15.2. The van der Waals surface area contributed by atoms with E-state index < -0.39 is 5.66 Å². The van der Waals surface area contributed by atoms with E-state index >= 15 is 0 Å². The van der Waals surface area contributed by atoms with Crippen LogP contribution in [0.5, 0.6) is 11.5 Å². The average Bonchev–Trinajstić information content (AvgIpc) is 2.66. The first-order chi connectivity index (χ1) is 12.0. The van der Waals surface area contributed by atoms with E-state index in [0.717, 1.165) is 5.56 Å². The van der Waals surface area contributed by atoms with Crippen molar-refractivity contribution >= 4 is 5.97 Å². The number of methoxy groups -OCH3 is 2. The lowest BCUT2D eigenvalue weighted by atomic mass is 9.92. The molecule has 1 aromatic carbocycles. The van der Waals surface area contributed by atoms with E-state index in [1.165, 1.54) is 7.11 Å². The molecular formula is C18H28N2O5. The van der Waals surface area contributed by atoms with Crippen LogP contribution in [0.2, 0.25) is 0 Å². The maximum absolute atomic E-state index is 11.7. The van der Waals surface area contributed by atoms with E-state index in [1.54, 1.807) is 7.11 Å². The smallest absolute Gasteiger partial charge is 0.305 e. The summed E-state index contributed by atoms with van der Waals surface area (Å²) in [7, 11) is 2.99. The number of carbonyl (C=O) groups excluding carboxylic acids is 1. The Balaban J connectivity index is 2.35. The zero-order valence-corrected chi connectivity index (χ0v) is 15.2. The molecule has 1 unspecified atom stereocenters. The lowest BCUT2D eigenvalue weighted by Crippen LogP contribution is -2.57. The number of hydrogen-bond donors (Lipinski definition) is 1. The number of ether oxygens (including phenoxy) is 4. The highest BCUT2D eigenvalue weighted by atomic mass is 16.5. The highest BCUT2D eigenvalue weighted by Gasteiger charge is 2.36. The Kier molecular flexibility index (Phi) is 7.04. The number of nitrogens with zero attached hydrogens (tertiary/aromatic N) is 1. The van der Waals surface area contributed by atoms with Gasteiger partial charge in [0, 0.05) is 19.5 Å². The summed E-state index contributed by atoms with van der Waals surface area (Å²) < 4.78 is 21.3. The molecule has 1 fully saturated rings. The second-order valence-corrected chi connectivity index (χ2v) is 5.90. The molecule has 0 aromatic heterocycles. The van der Waals surface area contributed by atoms with Crippen LogP contribution in [0.15, 0.2) is 18.2 Å². The molecular weight excluding hydrogens is 324 g/mol. The van der Waals surface area contributed by atoms with E-state index in [1.807, 2.05) is 25.1 Å². The molecule has 0 radical (unpaired) electrons. The van der Waals surface area contributed by atoms with Gasteiger partial charge in [-0.15, -0.1) is 0 Å². The van der Waals surface area contributed by atoms with Crippen molar-refractivity contribution < 1.29 is 23.7 Å². The third-order valence-corrected chi connectivity index (χ3v) is 4.48. The van der Waals surface area contributed by atoms with Crippen LogP contribution >= 0.6 is 0 Å². The van der Waals surface area contributed by atoms with Gasteiger partial charge in [-0.25, -0.2) is 0 Å². The van der Waals surface area contributed by atoms with E-state index in [9.17, 15) is 4.79 Å². The molecule has 2 N–H and O–H groups in total. The monoisotopic (exact) mass is 352 g/mol. The maximum atomic E-state index is 11.7. The van der Waals surface area contributed by atoms with Gasteiger partial charge in [-0.1, -0.05) is 6.07 Å². The van der Waals surface area contributed by atoms with Crippen LogP contribution < -0.4 is 15.2 Å². The van der Waals surface area contributed by atoms with E-state index in [-0.39, 0.29) is 12.4 Å². The minimum Gasteiger partial charge on any atom is -0.493 e. The Morgan fingerprint density at radius 2 is 2.00 bits per heavy atom. The summed E-state index contributed by atoms with van der Waals surface area (Å²) in [4.78, 5) is 13.8. The van der Waals surface area contributed by atoms with E-state index in [4.69, 9.17) is 24.7 Å². The number of nitrogens with two attached hydrogens (primary N) is 1. The van der Waals surface area contributed by atoms with Gasteiger partial charge >= 0.3 is 5.97 Å². The molecule has 0 aliphatic carbocycles. The predicted octanol–water partition coefficient (Wildman–Crippen LogP) is 1.49. The molecule has 0 bridgehead atoms. The molecule has 0 saturated carbocycles. The van der Waals surface area contributed by atoms with Crippen molar-refractivity contribution in [3.05, 3.63) is 23.8 Å². The summed E-state index contributed by atoms with van der Waals surface area (Å²) in [5.74, 6) is 1.02. The predicted molar refractivity (Wildman–Crippen MR) is 93.7 cm³/mol. The van der Waals surface area contributed by atoms with Gasteiger partial charge in [-0.05, 0) is 31.0 Å². The quantitative estimate of drug-likeness (QED) is 0.710. The van der Waals surface area contributed by atoms with Crippen LogP contribution in [-0.4, -0.2) is 58.0 Å². The van der Waals surface area contributed by atoms with Gasteiger partial charge in [0.15, 0.2) is 11.5 Å². The van der Waals surface area contributed by atoms with Crippen LogP contribution in [0.1, 0.15) is 25.3 Å². The SMILES string of the molecule is CCOc1cc(C(N)(CCC(=O)OC)N2CCOCC2)ccc1OC. The van der Waals surface area contributed by atoms with Crippen molar-refractivity contribution in [2.45, 2.75) is 25.4 Å². The number of benzene rings is 1. The van der Waals surface area contributed by atoms with Crippen LogP contribution in [0.4, 0.5) is 0 Å². The van der Waals surface area contributed by atoms with E-state index in [0.29, 0.717) is 50.8 Å². The molecule has 0 amide bonds. The van der Waals surface area contributed by atoms with Crippen LogP contribution in [0.25, 0.3) is 0 Å². The summed E-state index contributed by atoms with van der Waals surface area (Å²) in [5, 5.41) is 0. The fraction of sp³-hybridized carbons (Fsp3) is 0.611. The normalized spacial score (nSPS) is 17.6. The highest BCUT2D eigenvalue weighted by molar-refractivity contribution is 5.69. The molecule has 1 aliphatic heterocycles. The number of carbonyl (C=O) groups is 1. The van der Waals surface area contributed by atoms with Crippen molar-refractivity contribution in [3.8, 4) is 11.5 Å². The second-order valence-electron chi connectivity index (χ2n) is 5.90. The zero-order chi connectivity index (χ0) is 18.3. The standard InChI is InChI=1S/C18H28N2O5/c1-4-25-16-13-14(5-6-15(16)22-2)18(19,8-7-17(21)23-3)20-9-11-24-12-10-20/h5-6,13H,4,7-12,19H2,1-3H3. The van der Waals surface area contributed by atoms with Crippen LogP contribution in [0, 0.1) is 0 Å². The molecule has 1 aromatic rings. The minimum absolute atomic E-state index is 0.236. The van der Waals surface area contributed by atoms with Crippen molar-refractivity contribution in [3.63, 3.8) is 0 Å². The summed E-state index contributed by atoms with van der Waals surface area (Å²) in [6.07, 6.45) is 0.678. The molecule has 1 atom stereocenters. The second kappa shape index (κ2) is 9.03. The molecule has 25 heavy (non-hydrogen) atoms. The molecule has 140 valence electrons. The fourth-order valence-electron chi connectivity index (χ4n) is 3.06. The Morgan fingerprint density at radius 3 is 2.60 bits per heavy atom. The van der Waals surface area contributed by atoms with Gasteiger partial charge in [0.05, 0.1) is 39.7 Å². The molecule has 2 rings (SSSR count). The summed E-state index contributed by atoms with van der Waals surface area (Å²) in [6, 6.07) is 5.67. The Morgan fingerprint density at radius 1 is 1.28 bits per heavy atom. The number of esters is 1. The van der Waals surface area contributed by atoms with Gasteiger partial charge in [0.2, 0.25) is 0 Å². The van der Waals surface area contributed by atoms with E-state index in [2.05, 4.69) is 4.90 Å². The lowest BCUT2D eigenvalue weighted by Gasteiger charge is -2.43.